The molecule has 1 atom stereocenters. The fraction of sp³-hybridized carbons (Fsp3) is 0.261. The van der Waals surface area contributed by atoms with Gasteiger partial charge in [-0.1, -0.05) is 48.5 Å². The Kier molecular flexibility index (Phi) is 4.85. The summed E-state index contributed by atoms with van der Waals surface area (Å²) in [7, 11) is 2.18. The first-order valence-electron chi connectivity index (χ1n) is 9.34. The Labute approximate surface area is 166 Å². The van der Waals surface area contributed by atoms with Crippen molar-refractivity contribution in [2.45, 2.75) is 19.9 Å². The van der Waals surface area contributed by atoms with E-state index in [1.807, 2.05) is 0 Å². The molecule has 0 radical (unpaired) electrons. The summed E-state index contributed by atoms with van der Waals surface area (Å²) in [6.45, 7) is 6.15. The van der Waals surface area contributed by atoms with Crippen LogP contribution in [-0.2, 0) is 0 Å². The molecule has 4 heteroatoms. The van der Waals surface area contributed by atoms with Crippen LogP contribution in [0.4, 0.5) is 0 Å². The van der Waals surface area contributed by atoms with Gasteiger partial charge in [0.05, 0.1) is 6.04 Å². The van der Waals surface area contributed by atoms with Crippen molar-refractivity contribution < 1.29 is 0 Å². The summed E-state index contributed by atoms with van der Waals surface area (Å²) in [5, 5.41) is 7.65. The lowest BCUT2D eigenvalue weighted by atomic mass is 9.87. The fourth-order valence-corrected chi connectivity index (χ4v) is 4.22. The first kappa shape index (κ1) is 18.0. The van der Waals surface area contributed by atoms with Gasteiger partial charge in [-0.25, -0.2) is 0 Å². The Morgan fingerprint density at radius 2 is 1.70 bits per heavy atom. The van der Waals surface area contributed by atoms with Crippen molar-refractivity contribution in [1.29, 1.82) is 0 Å². The minimum absolute atomic E-state index is 0.109. The van der Waals surface area contributed by atoms with Crippen LogP contribution in [0.5, 0.6) is 0 Å². The second-order valence-electron chi connectivity index (χ2n) is 7.49. The molecule has 2 N–H and O–H groups in total. The lowest BCUT2D eigenvalue weighted by Crippen LogP contribution is -2.49. The van der Waals surface area contributed by atoms with Crippen LogP contribution in [0, 0.1) is 13.8 Å². The van der Waals surface area contributed by atoms with E-state index in [-0.39, 0.29) is 6.04 Å². The molecule has 4 rings (SSSR count). The third kappa shape index (κ3) is 3.55. The summed E-state index contributed by atoms with van der Waals surface area (Å²) in [4.78, 5) is 2.37. The van der Waals surface area contributed by atoms with Crippen LogP contribution in [0.25, 0.3) is 6.08 Å². The Morgan fingerprint density at radius 3 is 2.44 bits per heavy atom. The standard InChI is InChI=1S/C23H25N3S/c1-15-8-4-6-10-17(15)12-18-13-26(3)14-20-21(18)24-23(27)25-22(20)19-11-7-5-9-16(19)2/h4-12,22H,13-14H2,1-3H3,(H2,24,25,27)/b18-12+. The Morgan fingerprint density at radius 1 is 1.00 bits per heavy atom. The second-order valence-corrected chi connectivity index (χ2v) is 7.90. The molecule has 2 aliphatic rings. The number of hydrogen-bond acceptors (Lipinski definition) is 2. The predicted molar refractivity (Wildman–Crippen MR) is 116 cm³/mol. The quantitative estimate of drug-likeness (QED) is 0.773. The van der Waals surface area contributed by atoms with Crippen LogP contribution in [-0.4, -0.2) is 30.1 Å². The van der Waals surface area contributed by atoms with E-state index in [0.717, 1.165) is 13.1 Å². The number of aryl methyl sites for hydroxylation is 2. The molecule has 3 nitrogen and oxygen atoms in total. The highest BCUT2D eigenvalue weighted by Crippen LogP contribution is 2.35. The number of nitrogens with one attached hydrogen (secondary N) is 2. The average molecular weight is 376 g/mol. The molecular weight excluding hydrogens is 350 g/mol. The maximum atomic E-state index is 5.57. The third-order valence-electron chi connectivity index (χ3n) is 5.40. The van der Waals surface area contributed by atoms with E-state index in [1.165, 1.54) is 39.1 Å². The number of thiocarbonyl (C=S) groups is 1. The number of benzene rings is 2. The van der Waals surface area contributed by atoms with Gasteiger partial charge in [0, 0.05) is 18.8 Å². The third-order valence-corrected chi connectivity index (χ3v) is 5.62. The van der Waals surface area contributed by atoms with Crippen LogP contribution >= 0.6 is 12.2 Å². The summed E-state index contributed by atoms with van der Waals surface area (Å²) < 4.78 is 0. The van der Waals surface area contributed by atoms with E-state index >= 15 is 0 Å². The normalized spacial score (nSPS) is 21.7. The van der Waals surface area contributed by atoms with E-state index in [1.54, 1.807) is 0 Å². The average Bonchev–Trinajstić information content (AvgIpc) is 2.64. The van der Waals surface area contributed by atoms with E-state index in [9.17, 15) is 0 Å². The summed E-state index contributed by atoms with van der Waals surface area (Å²) in [5.41, 5.74) is 8.94. The van der Waals surface area contributed by atoms with Crippen molar-refractivity contribution in [3.05, 3.63) is 87.6 Å². The van der Waals surface area contributed by atoms with Gasteiger partial charge in [0.1, 0.15) is 0 Å². The zero-order valence-electron chi connectivity index (χ0n) is 16.0. The Balaban J connectivity index is 1.84. The summed E-state index contributed by atoms with van der Waals surface area (Å²) >= 11 is 5.57. The minimum Gasteiger partial charge on any atom is -0.352 e. The van der Waals surface area contributed by atoms with Crippen molar-refractivity contribution in [2.75, 3.05) is 20.1 Å². The maximum absolute atomic E-state index is 5.57. The molecule has 138 valence electrons. The van der Waals surface area contributed by atoms with Crippen molar-refractivity contribution in [1.82, 2.24) is 15.5 Å². The van der Waals surface area contributed by atoms with Crippen LogP contribution in [0.1, 0.15) is 28.3 Å². The highest BCUT2D eigenvalue weighted by Gasteiger charge is 2.32. The second kappa shape index (κ2) is 7.29. The summed E-state index contributed by atoms with van der Waals surface area (Å²) in [5.74, 6) is 0. The zero-order chi connectivity index (χ0) is 19.0. The SMILES string of the molecule is Cc1ccccc1/C=C1\CN(C)CC2=C1NC(=S)NC2c1ccccc1C. The molecule has 0 spiro atoms. The van der Waals surface area contributed by atoms with Crippen LogP contribution in [0.3, 0.4) is 0 Å². The number of likely N-dealkylation sites (N-methyl/N-ethyl adjacent to an activating group) is 1. The molecule has 0 bridgehead atoms. The van der Waals surface area contributed by atoms with Gasteiger partial charge in [-0.15, -0.1) is 0 Å². The van der Waals surface area contributed by atoms with E-state index < -0.39 is 0 Å². The molecule has 2 aromatic rings. The van der Waals surface area contributed by atoms with Gasteiger partial charge in [-0.05, 0) is 72.6 Å². The summed E-state index contributed by atoms with van der Waals surface area (Å²) in [6, 6.07) is 17.2. The van der Waals surface area contributed by atoms with E-state index in [4.69, 9.17) is 12.2 Å². The van der Waals surface area contributed by atoms with Crippen molar-refractivity contribution in [3.8, 4) is 0 Å². The van der Waals surface area contributed by atoms with Gasteiger partial charge in [0.2, 0.25) is 0 Å². The Bertz CT molecular complexity index is 958. The molecule has 2 heterocycles. The van der Waals surface area contributed by atoms with Gasteiger partial charge in [-0.3, -0.25) is 4.90 Å². The molecule has 2 aliphatic heterocycles. The lowest BCUT2D eigenvalue weighted by molar-refractivity contribution is 0.363. The molecular formula is C23H25N3S. The van der Waals surface area contributed by atoms with E-state index in [2.05, 4.69) is 91.0 Å². The van der Waals surface area contributed by atoms with Crippen LogP contribution < -0.4 is 10.6 Å². The highest BCUT2D eigenvalue weighted by atomic mass is 32.1. The zero-order valence-corrected chi connectivity index (χ0v) is 16.9. The van der Waals surface area contributed by atoms with Gasteiger partial charge >= 0.3 is 0 Å². The minimum atomic E-state index is 0.109. The van der Waals surface area contributed by atoms with Gasteiger partial charge < -0.3 is 10.6 Å². The number of hydrogen-bond donors (Lipinski definition) is 2. The number of nitrogens with zero attached hydrogens (tertiary/aromatic N) is 1. The highest BCUT2D eigenvalue weighted by molar-refractivity contribution is 7.80. The lowest BCUT2D eigenvalue weighted by Gasteiger charge is -2.39. The molecule has 1 unspecified atom stereocenters. The largest absolute Gasteiger partial charge is 0.352 e. The molecule has 0 amide bonds. The maximum Gasteiger partial charge on any atom is 0.171 e. The van der Waals surface area contributed by atoms with Crippen molar-refractivity contribution in [2.24, 2.45) is 0 Å². The molecule has 0 aliphatic carbocycles. The molecule has 0 saturated heterocycles. The van der Waals surface area contributed by atoms with Crippen LogP contribution in [0.2, 0.25) is 0 Å². The van der Waals surface area contributed by atoms with Crippen LogP contribution in [0.15, 0.2) is 65.4 Å². The molecule has 0 saturated carbocycles. The van der Waals surface area contributed by atoms with E-state index in [0.29, 0.717) is 5.11 Å². The molecule has 27 heavy (non-hydrogen) atoms. The van der Waals surface area contributed by atoms with Crippen molar-refractivity contribution in [3.63, 3.8) is 0 Å². The first-order valence-corrected chi connectivity index (χ1v) is 9.75. The predicted octanol–water partition coefficient (Wildman–Crippen LogP) is 4.11. The topological polar surface area (TPSA) is 27.3 Å². The smallest absolute Gasteiger partial charge is 0.171 e. The molecule has 0 aromatic heterocycles. The molecule has 2 aromatic carbocycles. The molecule has 0 fully saturated rings. The number of rotatable bonds is 2. The van der Waals surface area contributed by atoms with Crippen molar-refractivity contribution >= 4 is 23.4 Å². The first-order chi connectivity index (χ1) is 13.0. The van der Waals surface area contributed by atoms with Gasteiger partial charge in [-0.2, -0.15) is 0 Å². The van der Waals surface area contributed by atoms with Gasteiger partial charge in [0.25, 0.3) is 0 Å². The fourth-order valence-electron chi connectivity index (χ4n) is 4.00. The summed E-state index contributed by atoms with van der Waals surface area (Å²) in [6.07, 6.45) is 2.30. The Hall–Kier alpha value is -2.43. The van der Waals surface area contributed by atoms with Gasteiger partial charge in [0.15, 0.2) is 5.11 Å². The monoisotopic (exact) mass is 375 g/mol.